The molecule has 0 atom stereocenters. The number of halogens is 1. The Bertz CT molecular complexity index is 1190. The number of hydrogen-bond acceptors (Lipinski definition) is 6. The molecule has 142 valence electrons. The van der Waals surface area contributed by atoms with E-state index in [-0.39, 0.29) is 24.6 Å². The van der Waals surface area contributed by atoms with Crippen molar-refractivity contribution in [2.24, 2.45) is 0 Å². The highest BCUT2D eigenvalue weighted by molar-refractivity contribution is 7.18. The molecule has 0 aliphatic heterocycles. The molecule has 6 nitrogen and oxygen atoms in total. The first kappa shape index (κ1) is 18.6. The molecule has 0 amide bonds. The quantitative estimate of drug-likeness (QED) is 0.477. The van der Waals surface area contributed by atoms with Crippen LogP contribution in [0, 0.1) is 0 Å². The second-order valence-corrected chi connectivity index (χ2v) is 7.82. The van der Waals surface area contributed by atoms with E-state index in [2.05, 4.69) is 15.0 Å². The third kappa shape index (κ3) is 4.21. The van der Waals surface area contributed by atoms with Crippen LogP contribution < -0.4 is 5.56 Å². The number of ether oxygens (including phenoxy) is 1. The molecule has 28 heavy (non-hydrogen) atoms. The van der Waals surface area contributed by atoms with E-state index in [0.29, 0.717) is 28.2 Å². The molecule has 0 unspecified atom stereocenters. The highest BCUT2D eigenvalue weighted by Gasteiger charge is 2.09. The van der Waals surface area contributed by atoms with Crippen molar-refractivity contribution in [2.45, 2.75) is 25.9 Å². The summed E-state index contributed by atoms with van der Waals surface area (Å²) in [5.74, 6) is -0.0470. The van der Waals surface area contributed by atoms with E-state index < -0.39 is 0 Å². The first-order valence-electron chi connectivity index (χ1n) is 8.77. The largest absolute Gasteiger partial charge is 0.458 e. The predicted molar refractivity (Wildman–Crippen MR) is 110 cm³/mol. The van der Waals surface area contributed by atoms with E-state index in [4.69, 9.17) is 16.3 Å². The maximum atomic E-state index is 12.1. The number of nitrogens with zero attached hydrogens (tertiary/aromatic N) is 2. The molecule has 0 aliphatic rings. The average molecular weight is 414 g/mol. The van der Waals surface area contributed by atoms with Gasteiger partial charge in [-0.25, -0.2) is 9.97 Å². The molecule has 4 aromatic rings. The number of carbonyl (C=O) groups excluding carboxylic acids is 1. The topological polar surface area (TPSA) is 84.9 Å². The van der Waals surface area contributed by atoms with Gasteiger partial charge in [-0.05, 0) is 43.2 Å². The fourth-order valence-electron chi connectivity index (χ4n) is 2.86. The number of aromatic amines is 1. The van der Waals surface area contributed by atoms with Crippen LogP contribution >= 0.6 is 22.9 Å². The molecule has 2 aromatic carbocycles. The van der Waals surface area contributed by atoms with E-state index in [1.165, 1.54) is 0 Å². The SMILES string of the molecule is O=C(CCCc1nc2ccccc2s1)OCc1nc2cc(Cl)ccc2c(=O)[nH]1. The van der Waals surface area contributed by atoms with Crippen molar-refractivity contribution in [2.75, 3.05) is 0 Å². The highest BCUT2D eigenvalue weighted by atomic mass is 35.5. The van der Waals surface area contributed by atoms with Gasteiger partial charge in [-0.15, -0.1) is 11.3 Å². The van der Waals surface area contributed by atoms with Gasteiger partial charge in [0.15, 0.2) is 0 Å². The molecular formula is C20H16ClN3O3S. The van der Waals surface area contributed by atoms with E-state index in [1.807, 2.05) is 24.3 Å². The minimum atomic E-state index is -0.338. The third-order valence-corrected chi connectivity index (χ3v) is 5.53. The monoisotopic (exact) mass is 413 g/mol. The van der Waals surface area contributed by atoms with Crippen molar-refractivity contribution >= 4 is 50.0 Å². The number of hydrogen-bond donors (Lipinski definition) is 1. The summed E-state index contributed by atoms with van der Waals surface area (Å²) in [4.78, 5) is 35.6. The lowest BCUT2D eigenvalue weighted by atomic mass is 10.2. The van der Waals surface area contributed by atoms with E-state index in [9.17, 15) is 9.59 Å². The van der Waals surface area contributed by atoms with E-state index >= 15 is 0 Å². The van der Waals surface area contributed by atoms with Crippen molar-refractivity contribution in [1.82, 2.24) is 15.0 Å². The number of rotatable bonds is 6. The molecule has 2 aromatic heterocycles. The van der Waals surface area contributed by atoms with Gasteiger partial charge in [0, 0.05) is 11.4 Å². The van der Waals surface area contributed by atoms with Gasteiger partial charge in [0.05, 0.1) is 26.1 Å². The molecule has 1 N–H and O–H groups in total. The molecule has 0 spiro atoms. The number of H-pyrrole nitrogens is 1. The zero-order chi connectivity index (χ0) is 19.5. The Morgan fingerprint density at radius 2 is 2.00 bits per heavy atom. The van der Waals surface area contributed by atoms with Crippen LogP contribution in [0.1, 0.15) is 23.7 Å². The summed E-state index contributed by atoms with van der Waals surface area (Å²) in [7, 11) is 0. The lowest BCUT2D eigenvalue weighted by Gasteiger charge is -2.05. The molecule has 2 heterocycles. The Morgan fingerprint density at radius 3 is 2.86 bits per heavy atom. The summed E-state index contributed by atoms with van der Waals surface area (Å²) in [5, 5.41) is 1.94. The Hall–Kier alpha value is -2.77. The molecule has 0 saturated heterocycles. The Balaban J connectivity index is 1.31. The van der Waals surface area contributed by atoms with Crippen molar-refractivity contribution in [3.05, 3.63) is 68.7 Å². The summed E-state index contributed by atoms with van der Waals surface area (Å²) in [6, 6.07) is 12.8. The van der Waals surface area contributed by atoms with Gasteiger partial charge in [-0.2, -0.15) is 0 Å². The maximum absolute atomic E-state index is 12.1. The normalized spacial score (nSPS) is 11.2. The smallest absolute Gasteiger partial charge is 0.306 e. The molecule has 0 radical (unpaired) electrons. The zero-order valence-electron chi connectivity index (χ0n) is 14.8. The number of aromatic nitrogens is 3. The number of benzene rings is 2. The maximum Gasteiger partial charge on any atom is 0.306 e. The van der Waals surface area contributed by atoms with Gasteiger partial charge in [0.2, 0.25) is 0 Å². The number of para-hydroxylation sites is 1. The first-order valence-corrected chi connectivity index (χ1v) is 9.96. The second kappa shape index (κ2) is 8.08. The minimum Gasteiger partial charge on any atom is -0.458 e. The number of thiazole rings is 1. The summed E-state index contributed by atoms with van der Waals surface area (Å²) in [6.45, 7) is -0.0857. The van der Waals surface area contributed by atoms with Crippen LogP contribution in [0.5, 0.6) is 0 Å². The Kier molecular flexibility index (Phi) is 5.36. The fourth-order valence-corrected chi connectivity index (χ4v) is 4.04. The van der Waals surface area contributed by atoms with Crippen LogP contribution in [0.2, 0.25) is 5.02 Å². The first-order chi connectivity index (χ1) is 13.6. The summed E-state index contributed by atoms with van der Waals surface area (Å²) in [6.07, 6.45) is 1.65. The van der Waals surface area contributed by atoms with Gasteiger partial charge in [0.25, 0.3) is 5.56 Å². The van der Waals surface area contributed by atoms with Crippen LogP contribution in [0.25, 0.3) is 21.1 Å². The summed E-state index contributed by atoms with van der Waals surface area (Å²) in [5.41, 5.74) is 1.16. The molecule has 4 rings (SSSR count). The van der Waals surface area contributed by atoms with E-state index in [0.717, 1.165) is 21.6 Å². The molecule has 8 heteroatoms. The van der Waals surface area contributed by atoms with Gasteiger partial charge in [0.1, 0.15) is 12.4 Å². The van der Waals surface area contributed by atoms with Gasteiger partial charge >= 0.3 is 5.97 Å². The van der Waals surface area contributed by atoms with Crippen LogP contribution in [0.4, 0.5) is 0 Å². The van der Waals surface area contributed by atoms with E-state index in [1.54, 1.807) is 29.5 Å². The summed E-state index contributed by atoms with van der Waals surface area (Å²) < 4.78 is 6.38. The lowest BCUT2D eigenvalue weighted by molar-refractivity contribution is -0.145. The molecule has 0 fully saturated rings. The number of carbonyl (C=O) groups is 1. The molecule has 0 bridgehead atoms. The number of aryl methyl sites for hydroxylation is 1. The Morgan fingerprint density at radius 1 is 1.14 bits per heavy atom. The number of esters is 1. The summed E-state index contributed by atoms with van der Waals surface area (Å²) >= 11 is 7.58. The standard InChI is InChI=1S/C20H16ClN3O3S/c21-12-8-9-13-15(10-12)22-17(24-20(13)26)11-27-19(25)7-3-6-18-23-14-4-1-2-5-16(14)28-18/h1-2,4-5,8-10H,3,6-7,11H2,(H,22,24,26). The molecule has 0 saturated carbocycles. The van der Waals surface area contributed by atoms with Crippen molar-refractivity contribution in [1.29, 1.82) is 0 Å². The Labute approximate surface area is 169 Å². The van der Waals surface area contributed by atoms with Crippen LogP contribution in [0.3, 0.4) is 0 Å². The van der Waals surface area contributed by atoms with Gasteiger partial charge in [-0.1, -0.05) is 23.7 Å². The van der Waals surface area contributed by atoms with Crippen LogP contribution in [-0.4, -0.2) is 20.9 Å². The third-order valence-electron chi connectivity index (χ3n) is 4.20. The second-order valence-electron chi connectivity index (χ2n) is 6.26. The average Bonchev–Trinajstić information content (AvgIpc) is 3.09. The van der Waals surface area contributed by atoms with Crippen molar-refractivity contribution in [3.63, 3.8) is 0 Å². The predicted octanol–water partition coefficient (Wildman–Crippen LogP) is 4.25. The fraction of sp³-hybridized carbons (Fsp3) is 0.200. The number of nitrogens with one attached hydrogen (secondary N) is 1. The van der Waals surface area contributed by atoms with Crippen LogP contribution in [0.15, 0.2) is 47.3 Å². The van der Waals surface area contributed by atoms with Gasteiger partial charge < -0.3 is 9.72 Å². The van der Waals surface area contributed by atoms with Crippen molar-refractivity contribution < 1.29 is 9.53 Å². The minimum absolute atomic E-state index is 0.0857. The van der Waals surface area contributed by atoms with Crippen LogP contribution in [-0.2, 0) is 22.6 Å². The highest BCUT2D eigenvalue weighted by Crippen LogP contribution is 2.22. The van der Waals surface area contributed by atoms with Crippen molar-refractivity contribution in [3.8, 4) is 0 Å². The molecular weight excluding hydrogens is 398 g/mol. The van der Waals surface area contributed by atoms with Gasteiger partial charge in [-0.3, -0.25) is 9.59 Å². The lowest BCUT2D eigenvalue weighted by Crippen LogP contribution is -2.14. The molecule has 0 aliphatic carbocycles. The number of fused-ring (bicyclic) bond motifs is 2. The zero-order valence-corrected chi connectivity index (χ0v) is 16.3.